The second-order valence-corrected chi connectivity index (χ2v) is 8.90. The molecule has 3 rings (SSSR count). The fraction of sp³-hybridized carbons (Fsp3) is 0.318. The van der Waals surface area contributed by atoms with Crippen molar-refractivity contribution in [1.29, 1.82) is 0 Å². The van der Waals surface area contributed by atoms with Crippen LogP contribution in [-0.2, 0) is 27.1 Å². The first kappa shape index (κ1) is 22.9. The molecular weight excluding hydrogens is 423 g/mol. The van der Waals surface area contributed by atoms with Crippen LogP contribution >= 0.6 is 7.60 Å². The van der Waals surface area contributed by atoms with Gasteiger partial charge in [-0.05, 0) is 38.0 Å². The molecule has 0 aliphatic carbocycles. The summed E-state index contributed by atoms with van der Waals surface area (Å²) >= 11 is 0. The first-order valence-electron chi connectivity index (χ1n) is 9.61. The van der Waals surface area contributed by atoms with E-state index < -0.39 is 19.9 Å². The number of rotatable bonds is 9. The van der Waals surface area contributed by atoms with E-state index in [0.717, 1.165) is 11.1 Å². The first-order valence-corrected chi connectivity index (χ1v) is 11.4. The van der Waals surface area contributed by atoms with Crippen molar-refractivity contribution in [3.05, 3.63) is 64.2 Å². The molecule has 8 nitrogen and oxygen atoms in total. The van der Waals surface area contributed by atoms with E-state index in [1.54, 1.807) is 43.3 Å². The smallest absolute Gasteiger partial charge is 0.402 e. The number of para-hydroxylation sites is 1. The van der Waals surface area contributed by atoms with Crippen LogP contribution in [0.25, 0.3) is 0 Å². The van der Waals surface area contributed by atoms with Crippen LogP contribution in [0.4, 0.5) is 0 Å². The summed E-state index contributed by atoms with van der Waals surface area (Å²) in [5.74, 6) is 0.0783. The van der Waals surface area contributed by atoms with E-state index in [1.807, 2.05) is 6.92 Å². The number of phenolic OH excluding ortho intramolecular Hbond substituents is 1. The number of phenols is 1. The lowest BCUT2D eigenvalue weighted by Gasteiger charge is -2.16. The molecule has 0 aromatic heterocycles. The van der Waals surface area contributed by atoms with Crippen LogP contribution in [0.1, 0.15) is 34.0 Å². The predicted molar refractivity (Wildman–Crippen MR) is 114 cm³/mol. The number of fused-ring (bicyclic) bond motifs is 1. The Kier molecular flexibility index (Phi) is 7.05. The minimum atomic E-state index is -3.95. The fourth-order valence-corrected chi connectivity index (χ4v) is 4.18. The Labute approximate surface area is 180 Å². The molecule has 0 bridgehead atoms. The van der Waals surface area contributed by atoms with Gasteiger partial charge in [0.25, 0.3) is 0 Å². The second-order valence-electron chi connectivity index (χ2n) is 7.19. The fourth-order valence-electron chi connectivity index (χ4n) is 3.36. The quantitative estimate of drug-likeness (QED) is 0.335. The minimum absolute atomic E-state index is 0.0950. The van der Waals surface area contributed by atoms with E-state index in [0.29, 0.717) is 16.9 Å². The van der Waals surface area contributed by atoms with Crippen molar-refractivity contribution in [2.45, 2.75) is 26.9 Å². The van der Waals surface area contributed by atoms with E-state index in [4.69, 9.17) is 18.7 Å². The highest BCUT2D eigenvalue weighted by atomic mass is 31.2. The van der Waals surface area contributed by atoms with Crippen LogP contribution in [0.5, 0.6) is 17.2 Å². The van der Waals surface area contributed by atoms with Crippen LogP contribution in [0, 0.1) is 6.92 Å². The van der Waals surface area contributed by atoms with Crippen molar-refractivity contribution in [1.82, 2.24) is 0 Å². The number of cyclic esters (lactones) is 1. The lowest BCUT2D eigenvalue weighted by atomic mass is 9.95. The summed E-state index contributed by atoms with van der Waals surface area (Å²) < 4.78 is 33.1. The summed E-state index contributed by atoms with van der Waals surface area (Å²) in [7, 11) is -2.45. The van der Waals surface area contributed by atoms with Crippen molar-refractivity contribution in [3.63, 3.8) is 0 Å². The molecular formula is C22H25O8P. The Morgan fingerprint density at radius 2 is 2.00 bits per heavy atom. The maximum Gasteiger partial charge on any atom is 0.402 e. The van der Waals surface area contributed by atoms with Crippen LogP contribution < -0.4 is 9.26 Å². The third-order valence-corrected chi connectivity index (χ3v) is 5.88. The summed E-state index contributed by atoms with van der Waals surface area (Å²) in [6.45, 7) is 3.81. The SMILES string of the molecule is COc1c(C)c2c(c(O)c1C/C=C(\C)COCP(=O)(O)Oc1ccccc1)C(=O)OC2. The number of carbonyl (C=O) groups excluding carboxylic acids is 1. The number of esters is 1. The Morgan fingerprint density at radius 1 is 1.29 bits per heavy atom. The molecule has 0 spiro atoms. The molecule has 31 heavy (non-hydrogen) atoms. The summed E-state index contributed by atoms with van der Waals surface area (Å²) in [4.78, 5) is 21.9. The van der Waals surface area contributed by atoms with E-state index >= 15 is 0 Å². The molecule has 0 radical (unpaired) electrons. The number of methoxy groups -OCH3 is 1. The van der Waals surface area contributed by atoms with Crippen LogP contribution in [-0.4, -0.2) is 36.0 Å². The predicted octanol–water partition coefficient (Wildman–Crippen LogP) is 4.11. The summed E-state index contributed by atoms with van der Waals surface area (Å²) in [5, 5.41) is 10.6. The van der Waals surface area contributed by atoms with Gasteiger partial charge in [-0.15, -0.1) is 0 Å². The molecule has 0 fully saturated rings. The van der Waals surface area contributed by atoms with Crippen molar-refractivity contribution in [2.75, 3.05) is 20.1 Å². The monoisotopic (exact) mass is 448 g/mol. The largest absolute Gasteiger partial charge is 0.507 e. The molecule has 1 aliphatic heterocycles. The topological polar surface area (TPSA) is 112 Å². The summed E-state index contributed by atoms with van der Waals surface area (Å²) in [6, 6.07) is 8.35. The zero-order valence-electron chi connectivity index (χ0n) is 17.6. The van der Waals surface area contributed by atoms with Gasteiger partial charge in [0, 0.05) is 11.1 Å². The van der Waals surface area contributed by atoms with Gasteiger partial charge < -0.3 is 28.7 Å². The molecule has 1 aliphatic rings. The second kappa shape index (κ2) is 9.56. The maximum absolute atomic E-state index is 12.1. The third-order valence-electron chi connectivity index (χ3n) is 4.88. The summed E-state index contributed by atoms with van der Waals surface area (Å²) in [6.07, 6.45) is 1.61. The van der Waals surface area contributed by atoms with E-state index in [2.05, 4.69) is 0 Å². The lowest BCUT2D eigenvalue weighted by molar-refractivity contribution is 0.0533. The Hall–Kier alpha value is -2.80. The van der Waals surface area contributed by atoms with Gasteiger partial charge in [-0.25, -0.2) is 9.36 Å². The number of benzene rings is 2. The van der Waals surface area contributed by atoms with Gasteiger partial charge in [-0.3, -0.25) is 0 Å². The van der Waals surface area contributed by atoms with Gasteiger partial charge in [-0.2, -0.15) is 0 Å². The number of aromatic hydroxyl groups is 1. The Bertz CT molecular complexity index is 1050. The highest BCUT2D eigenvalue weighted by Crippen LogP contribution is 2.43. The lowest BCUT2D eigenvalue weighted by Crippen LogP contribution is -2.05. The highest BCUT2D eigenvalue weighted by molar-refractivity contribution is 7.53. The van der Waals surface area contributed by atoms with Gasteiger partial charge in [-0.1, -0.05) is 29.8 Å². The molecule has 1 atom stereocenters. The molecule has 166 valence electrons. The van der Waals surface area contributed by atoms with Crippen LogP contribution in [0.2, 0.25) is 0 Å². The summed E-state index contributed by atoms with van der Waals surface area (Å²) in [5.41, 5.74) is 2.79. The molecule has 0 saturated carbocycles. The van der Waals surface area contributed by atoms with Gasteiger partial charge in [0.05, 0.1) is 13.7 Å². The molecule has 0 saturated heterocycles. The van der Waals surface area contributed by atoms with Crippen molar-refractivity contribution in [2.24, 2.45) is 0 Å². The highest BCUT2D eigenvalue weighted by Gasteiger charge is 2.31. The number of allylic oxidation sites excluding steroid dienone is 1. The first-order chi connectivity index (χ1) is 14.7. The molecule has 2 N–H and O–H groups in total. The molecule has 1 heterocycles. The number of carbonyl (C=O) groups is 1. The molecule has 0 amide bonds. The molecule has 2 aromatic carbocycles. The maximum atomic E-state index is 12.1. The van der Waals surface area contributed by atoms with E-state index in [1.165, 1.54) is 7.11 Å². The Morgan fingerprint density at radius 3 is 2.68 bits per heavy atom. The zero-order valence-corrected chi connectivity index (χ0v) is 18.5. The van der Waals surface area contributed by atoms with Gasteiger partial charge >= 0.3 is 13.6 Å². The van der Waals surface area contributed by atoms with Gasteiger partial charge in [0.2, 0.25) is 0 Å². The normalized spacial score (nSPS) is 15.2. The average Bonchev–Trinajstić information content (AvgIpc) is 3.12. The van der Waals surface area contributed by atoms with Crippen LogP contribution in [0.3, 0.4) is 0 Å². The minimum Gasteiger partial charge on any atom is -0.507 e. The third kappa shape index (κ3) is 5.28. The van der Waals surface area contributed by atoms with Gasteiger partial charge in [0.15, 0.2) is 6.35 Å². The number of hydrogen-bond donors (Lipinski definition) is 2. The molecule has 2 aromatic rings. The average molecular weight is 448 g/mol. The standard InChI is InChI=1S/C22H25O8P/c1-14(11-28-13-31(25,26)30-16-7-5-4-6-8-16)9-10-17-20(23)19-18(12-29-22(19)24)15(2)21(17)27-3/h4-9,23H,10-13H2,1-3H3,(H,25,26)/b14-9+. The van der Waals surface area contributed by atoms with E-state index in [9.17, 15) is 19.4 Å². The molecule has 1 unspecified atom stereocenters. The van der Waals surface area contributed by atoms with Gasteiger partial charge in [0.1, 0.15) is 29.4 Å². The number of hydrogen-bond acceptors (Lipinski definition) is 7. The van der Waals surface area contributed by atoms with Crippen molar-refractivity contribution < 1.29 is 38.1 Å². The van der Waals surface area contributed by atoms with Crippen molar-refractivity contribution >= 4 is 13.6 Å². The van der Waals surface area contributed by atoms with Crippen molar-refractivity contribution in [3.8, 4) is 17.2 Å². The zero-order chi connectivity index (χ0) is 22.6. The Balaban J connectivity index is 1.65. The number of ether oxygens (including phenoxy) is 3. The molecule has 9 heteroatoms. The van der Waals surface area contributed by atoms with E-state index in [-0.39, 0.29) is 36.7 Å². The van der Waals surface area contributed by atoms with Crippen LogP contribution in [0.15, 0.2) is 42.0 Å².